The fraction of sp³-hybridized carbons (Fsp3) is 0.0833. The van der Waals surface area contributed by atoms with E-state index in [-0.39, 0.29) is 1.43 Å². The summed E-state index contributed by atoms with van der Waals surface area (Å²) in [6, 6.07) is 8.14. The lowest BCUT2D eigenvalue weighted by molar-refractivity contribution is 0.535. The molecule has 0 atom stereocenters. The van der Waals surface area contributed by atoms with Crippen LogP contribution in [0.5, 0.6) is 0 Å². The molecule has 0 spiro atoms. The van der Waals surface area contributed by atoms with Crippen LogP contribution in [-0.4, -0.2) is 9.97 Å². The number of nitrogens with one attached hydrogen (secondary N) is 1. The maximum absolute atomic E-state index is 5.50. The summed E-state index contributed by atoms with van der Waals surface area (Å²) >= 11 is 0. The van der Waals surface area contributed by atoms with E-state index in [0.717, 1.165) is 22.2 Å². The summed E-state index contributed by atoms with van der Waals surface area (Å²) in [7, 11) is 0. The molecule has 3 nitrogen and oxygen atoms in total. The Hall–Kier alpha value is -2.03. The minimum absolute atomic E-state index is 0. The van der Waals surface area contributed by atoms with Crippen molar-refractivity contribution in [1.82, 2.24) is 9.97 Å². The van der Waals surface area contributed by atoms with E-state index in [1.54, 1.807) is 6.20 Å². The number of H-pyrrole nitrogens is 1. The molecule has 0 aliphatic carbocycles. The molecular weight excluding hydrogens is 188 g/mol. The van der Waals surface area contributed by atoms with Gasteiger partial charge in [-0.15, -0.1) is 0 Å². The first-order chi connectivity index (χ1) is 7.34. The monoisotopic (exact) mass is 200 g/mol. The maximum Gasteiger partial charge on any atom is 0.191 e. The molecule has 1 N–H and O–H groups in total. The van der Waals surface area contributed by atoms with Crippen LogP contribution in [-0.2, 0) is 0 Å². The van der Waals surface area contributed by atoms with Crippen LogP contribution in [0.2, 0.25) is 0 Å². The van der Waals surface area contributed by atoms with Crippen molar-refractivity contribution in [3.8, 4) is 11.3 Å². The van der Waals surface area contributed by atoms with Crippen molar-refractivity contribution < 1.29 is 5.84 Å². The highest BCUT2D eigenvalue weighted by Gasteiger charge is 2.08. The van der Waals surface area contributed by atoms with E-state index in [9.17, 15) is 0 Å². The van der Waals surface area contributed by atoms with E-state index < -0.39 is 0 Å². The van der Waals surface area contributed by atoms with Crippen molar-refractivity contribution in [1.29, 1.82) is 0 Å². The van der Waals surface area contributed by atoms with E-state index in [1.165, 1.54) is 0 Å². The molecule has 3 rings (SSSR count). The molecule has 0 saturated heterocycles. The maximum atomic E-state index is 5.50. The third-order valence-electron chi connectivity index (χ3n) is 2.48. The number of oxazole rings is 1. The number of aromatic amines is 1. The van der Waals surface area contributed by atoms with Crippen LogP contribution in [0.1, 0.15) is 7.32 Å². The Morgan fingerprint density at radius 3 is 3.00 bits per heavy atom. The lowest BCUT2D eigenvalue weighted by Crippen LogP contribution is -1.69. The van der Waals surface area contributed by atoms with Crippen molar-refractivity contribution in [2.45, 2.75) is 6.92 Å². The number of hydrogen-bond acceptors (Lipinski definition) is 2. The Morgan fingerprint density at radius 1 is 1.33 bits per heavy atom. The fourth-order valence-electron chi connectivity index (χ4n) is 1.76. The largest absolute Gasteiger partial charge is 0.441 e. The van der Waals surface area contributed by atoms with E-state index in [0.29, 0.717) is 5.89 Å². The lowest BCUT2D eigenvalue weighted by atomic mass is 10.1. The van der Waals surface area contributed by atoms with Gasteiger partial charge in [-0.2, -0.15) is 0 Å². The molecule has 76 valence electrons. The number of rotatable bonds is 1. The number of fused-ring (bicyclic) bond motifs is 1. The normalized spacial score (nSPS) is 11.0. The van der Waals surface area contributed by atoms with Crippen LogP contribution >= 0.6 is 0 Å². The lowest BCUT2D eigenvalue weighted by Gasteiger charge is -1.92. The third-order valence-corrected chi connectivity index (χ3v) is 2.48. The first-order valence-corrected chi connectivity index (χ1v) is 4.83. The first kappa shape index (κ1) is 8.29. The molecule has 0 saturated carbocycles. The van der Waals surface area contributed by atoms with Crippen molar-refractivity contribution in [3.05, 3.63) is 42.5 Å². The Labute approximate surface area is 88.2 Å². The summed E-state index contributed by atoms with van der Waals surface area (Å²) in [4.78, 5) is 7.31. The molecule has 15 heavy (non-hydrogen) atoms. The van der Waals surface area contributed by atoms with Gasteiger partial charge in [0.1, 0.15) is 0 Å². The predicted octanol–water partition coefficient (Wildman–Crippen LogP) is 3.38. The van der Waals surface area contributed by atoms with Crippen molar-refractivity contribution in [3.63, 3.8) is 0 Å². The highest BCUT2D eigenvalue weighted by Crippen LogP contribution is 2.28. The SMILES string of the molecule is Cc1ncc(-c2c[nH]c3ccccc23)o1.[HH]. The zero-order chi connectivity index (χ0) is 10.3. The van der Waals surface area contributed by atoms with Gasteiger partial charge in [0.25, 0.3) is 0 Å². The van der Waals surface area contributed by atoms with E-state index in [4.69, 9.17) is 4.42 Å². The molecule has 0 radical (unpaired) electrons. The molecule has 2 heterocycles. The van der Waals surface area contributed by atoms with Gasteiger partial charge in [-0.05, 0) is 6.07 Å². The van der Waals surface area contributed by atoms with Crippen LogP contribution in [0.4, 0.5) is 0 Å². The minimum Gasteiger partial charge on any atom is -0.441 e. The molecule has 0 bridgehead atoms. The molecule has 1 aromatic carbocycles. The molecule has 0 fully saturated rings. The summed E-state index contributed by atoms with van der Waals surface area (Å²) < 4.78 is 5.50. The van der Waals surface area contributed by atoms with Gasteiger partial charge < -0.3 is 9.40 Å². The number of para-hydroxylation sites is 1. The quantitative estimate of drug-likeness (QED) is 0.654. The molecule has 0 aliphatic heterocycles. The molecule has 2 aromatic heterocycles. The van der Waals surface area contributed by atoms with Gasteiger partial charge in [-0.3, -0.25) is 0 Å². The Balaban J connectivity index is 0.000000963. The third kappa shape index (κ3) is 1.24. The van der Waals surface area contributed by atoms with Gasteiger partial charge >= 0.3 is 0 Å². The van der Waals surface area contributed by atoms with Crippen molar-refractivity contribution in [2.24, 2.45) is 0 Å². The molecule has 3 aromatic rings. The summed E-state index contributed by atoms with van der Waals surface area (Å²) in [5.74, 6) is 1.50. The molecule has 0 amide bonds. The van der Waals surface area contributed by atoms with Crippen LogP contribution in [0.3, 0.4) is 0 Å². The van der Waals surface area contributed by atoms with Gasteiger partial charge in [-0.25, -0.2) is 4.98 Å². The van der Waals surface area contributed by atoms with E-state index in [1.807, 2.05) is 31.3 Å². The number of aromatic nitrogens is 2. The number of benzene rings is 1. The van der Waals surface area contributed by atoms with Gasteiger partial charge in [0.05, 0.1) is 6.20 Å². The minimum atomic E-state index is 0. The highest BCUT2D eigenvalue weighted by atomic mass is 16.4. The molecule has 0 unspecified atom stereocenters. The van der Waals surface area contributed by atoms with Gasteiger partial charge in [0.2, 0.25) is 0 Å². The van der Waals surface area contributed by atoms with Gasteiger partial charge in [0, 0.05) is 31.0 Å². The summed E-state index contributed by atoms with van der Waals surface area (Å²) in [5.41, 5.74) is 2.17. The molecule has 3 heteroatoms. The zero-order valence-electron chi connectivity index (χ0n) is 8.32. The second-order valence-electron chi connectivity index (χ2n) is 3.49. The molecule has 0 aliphatic rings. The highest BCUT2D eigenvalue weighted by molar-refractivity contribution is 5.93. The van der Waals surface area contributed by atoms with Crippen LogP contribution < -0.4 is 0 Å². The van der Waals surface area contributed by atoms with E-state index >= 15 is 0 Å². The van der Waals surface area contributed by atoms with Gasteiger partial charge in [-0.1, -0.05) is 18.2 Å². The summed E-state index contributed by atoms with van der Waals surface area (Å²) in [5, 5.41) is 1.16. The second kappa shape index (κ2) is 2.98. The Kier molecular flexibility index (Phi) is 1.65. The summed E-state index contributed by atoms with van der Waals surface area (Å²) in [6.07, 6.45) is 3.70. The zero-order valence-corrected chi connectivity index (χ0v) is 8.32. The van der Waals surface area contributed by atoms with Crippen LogP contribution in [0.25, 0.3) is 22.2 Å². The average Bonchev–Trinajstić information content (AvgIpc) is 2.83. The van der Waals surface area contributed by atoms with Crippen LogP contribution in [0.15, 0.2) is 41.1 Å². The topological polar surface area (TPSA) is 41.8 Å². The Morgan fingerprint density at radius 2 is 2.20 bits per heavy atom. The smallest absolute Gasteiger partial charge is 0.191 e. The summed E-state index contributed by atoms with van der Waals surface area (Å²) in [6.45, 7) is 1.85. The van der Waals surface area contributed by atoms with Crippen molar-refractivity contribution >= 4 is 10.9 Å². The second-order valence-corrected chi connectivity index (χ2v) is 3.49. The van der Waals surface area contributed by atoms with E-state index in [2.05, 4.69) is 16.0 Å². The van der Waals surface area contributed by atoms with Crippen molar-refractivity contribution in [2.75, 3.05) is 0 Å². The number of aryl methyl sites for hydroxylation is 1. The van der Waals surface area contributed by atoms with Crippen LogP contribution in [0, 0.1) is 6.92 Å². The number of hydrogen-bond donors (Lipinski definition) is 1. The van der Waals surface area contributed by atoms with Gasteiger partial charge in [0.15, 0.2) is 11.7 Å². The number of nitrogens with zero attached hydrogens (tertiary/aromatic N) is 1. The average molecular weight is 200 g/mol. The first-order valence-electron chi connectivity index (χ1n) is 4.83. The predicted molar refractivity (Wildman–Crippen MR) is 60.6 cm³/mol. The Bertz CT molecular complexity index is 612. The fourth-order valence-corrected chi connectivity index (χ4v) is 1.76. The molecular formula is C12H12N2O. The standard InChI is InChI=1S/C12H10N2O.H2/c1-8-13-7-12(15-8)10-6-14-11-5-3-2-4-9(10)11;/h2-7,14H,1H3;1H.